The van der Waals surface area contributed by atoms with Gasteiger partial charge in [0.2, 0.25) is 5.91 Å². The highest BCUT2D eigenvalue weighted by molar-refractivity contribution is 5.96. The van der Waals surface area contributed by atoms with E-state index in [9.17, 15) is 9.59 Å². The fraction of sp³-hybridized carbons (Fsp3) is 0.611. The maximum atomic E-state index is 13.6. The van der Waals surface area contributed by atoms with Gasteiger partial charge in [0.1, 0.15) is 0 Å². The number of unbranched alkanes of at least 4 members (excludes halogenated alkanes) is 3. The summed E-state index contributed by atoms with van der Waals surface area (Å²) in [6.07, 6.45) is 12.2. The molecule has 2 aromatic carbocycles. The number of amides is 2. The van der Waals surface area contributed by atoms with Crippen molar-refractivity contribution in [2.24, 2.45) is 0 Å². The van der Waals surface area contributed by atoms with E-state index in [1.165, 1.54) is 24.8 Å². The minimum atomic E-state index is -0.0439. The molecule has 3 unspecified atom stereocenters. The van der Waals surface area contributed by atoms with Gasteiger partial charge >= 0.3 is 0 Å². The normalized spacial score (nSPS) is 23.0. The van der Waals surface area contributed by atoms with Crippen molar-refractivity contribution in [2.75, 3.05) is 43.4 Å². The number of benzene rings is 2. The Balaban J connectivity index is 1.32. The zero-order chi connectivity index (χ0) is 30.0. The topological polar surface area (TPSA) is 61.4 Å². The molecule has 6 nitrogen and oxygen atoms in total. The number of piperidine rings is 2. The number of anilines is 2. The van der Waals surface area contributed by atoms with E-state index in [-0.39, 0.29) is 23.9 Å². The molecule has 0 radical (unpaired) electrons. The van der Waals surface area contributed by atoms with Crippen molar-refractivity contribution < 1.29 is 14.1 Å². The van der Waals surface area contributed by atoms with Gasteiger partial charge in [-0.3, -0.25) is 14.5 Å². The van der Waals surface area contributed by atoms with Gasteiger partial charge in [0.15, 0.2) is 6.04 Å². The van der Waals surface area contributed by atoms with Crippen LogP contribution < -0.4 is 10.6 Å². The predicted molar refractivity (Wildman–Crippen MR) is 175 cm³/mol. The van der Waals surface area contributed by atoms with Crippen molar-refractivity contribution in [2.45, 2.75) is 110 Å². The number of quaternary nitrogens is 1. The molecular weight excluding hydrogens is 520 g/mol. The van der Waals surface area contributed by atoms with Crippen LogP contribution in [0.25, 0.3) is 0 Å². The molecule has 3 atom stereocenters. The van der Waals surface area contributed by atoms with Gasteiger partial charge in [-0.2, -0.15) is 0 Å². The summed E-state index contributed by atoms with van der Waals surface area (Å²) in [6.45, 7) is 13.7. The summed E-state index contributed by atoms with van der Waals surface area (Å²) in [4.78, 5) is 29.4. The third kappa shape index (κ3) is 8.44. The molecule has 0 saturated carbocycles. The van der Waals surface area contributed by atoms with Crippen molar-refractivity contribution in [3.63, 3.8) is 0 Å². The SMILES string of the molecule is CCCC[N+]1(CCCCCN2CCCCC2C(=O)Nc2c(C)cccc2C)CCCCC1C(=O)Nc1ccc(C)cc1. The summed E-state index contributed by atoms with van der Waals surface area (Å²) in [6, 6.07) is 14.3. The molecule has 2 aliphatic rings. The number of rotatable bonds is 13. The van der Waals surface area contributed by atoms with E-state index in [0.29, 0.717) is 0 Å². The molecule has 2 aliphatic heterocycles. The van der Waals surface area contributed by atoms with Crippen LogP contribution in [0.1, 0.15) is 94.2 Å². The van der Waals surface area contributed by atoms with Crippen molar-refractivity contribution in [1.29, 1.82) is 0 Å². The first-order valence-electron chi connectivity index (χ1n) is 16.7. The monoisotopic (exact) mass is 575 g/mol. The zero-order valence-corrected chi connectivity index (χ0v) is 26.7. The molecule has 0 aliphatic carbocycles. The van der Waals surface area contributed by atoms with Gasteiger partial charge in [-0.15, -0.1) is 0 Å². The van der Waals surface area contributed by atoms with Gasteiger partial charge in [-0.1, -0.05) is 55.7 Å². The van der Waals surface area contributed by atoms with Gasteiger partial charge in [0, 0.05) is 17.8 Å². The Bertz CT molecular complexity index is 1140. The molecule has 2 amide bonds. The summed E-state index contributed by atoms with van der Waals surface area (Å²) in [5.74, 6) is 0.340. The van der Waals surface area contributed by atoms with Crippen molar-refractivity contribution >= 4 is 23.2 Å². The Hall–Kier alpha value is -2.70. The van der Waals surface area contributed by atoms with Gasteiger partial charge in [-0.25, -0.2) is 0 Å². The number of para-hydroxylation sites is 1. The van der Waals surface area contributed by atoms with E-state index in [4.69, 9.17) is 0 Å². The lowest BCUT2D eigenvalue weighted by molar-refractivity contribution is -0.947. The quantitative estimate of drug-likeness (QED) is 0.193. The fourth-order valence-electron chi connectivity index (χ4n) is 7.25. The second-order valence-corrected chi connectivity index (χ2v) is 13.0. The molecule has 230 valence electrons. The molecule has 2 aromatic rings. The molecule has 2 fully saturated rings. The molecule has 4 rings (SSSR count). The Morgan fingerprint density at radius 2 is 1.52 bits per heavy atom. The van der Waals surface area contributed by atoms with Crippen molar-refractivity contribution in [3.05, 3.63) is 59.2 Å². The van der Waals surface area contributed by atoms with Crippen LogP contribution in [0.2, 0.25) is 0 Å². The van der Waals surface area contributed by atoms with Gasteiger partial charge in [0.25, 0.3) is 5.91 Å². The Morgan fingerprint density at radius 1 is 0.810 bits per heavy atom. The van der Waals surface area contributed by atoms with Crippen LogP contribution in [-0.4, -0.2) is 66.0 Å². The standard InChI is InChI=1S/C36H54N4O2/c1-5-6-25-40(27-13-9-18-33(40)36(42)37-31-21-19-28(2)20-22-31)26-12-7-10-23-39-24-11-8-17-32(39)35(41)38-34-29(3)15-14-16-30(34)4/h14-16,19-22,32-33H,5-13,17-18,23-27H2,1-4H3,(H-,37,38,41,42)/p+1. The summed E-state index contributed by atoms with van der Waals surface area (Å²) in [5, 5.41) is 6.52. The van der Waals surface area contributed by atoms with E-state index in [1.807, 2.05) is 18.2 Å². The average molecular weight is 576 g/mol. The van der Waals surface area contributed by atoms with E-state index in [2.05, 4.69) is 67.5 Å². The lowest BCUT2D eigenvalue weighted by Crippen LogP contribution is -2.63. The lowest BCUT2D eigenvalue weighted by Gasteiger charge is -2.47. The Kier molecular flexibility index (Phi) is 12.0. The van der Waals surface area contributed by atoms with Crippen LogP contribution >= 0.6 is 0 Å². The molecule has 6 heteroatoms. The van der Waals surface area contributed by atoms with Crippen LogP contribution in [0.5, 0.6) is 0 Å². The summed E-state index contributed by atoms with van der Waals surface area (Å²) in [7, 11) is 0. The number of carbonyl (C=O) groups excluding carboxylic acids is 2. The average Bonchev–Trinajstić information content (AvgIpc) is 2.99. The highest BCUT2D eigenvalue weighted by atomic mass is 16.2. The molecule has 42 heavy (non-hydrogen) atoms. The van der Waals surface area contributed by atoms with Crippen molar-refractivity contribution in [3.8, 4) is 0 Å². The summed E-state index contributed by atoms with van der Waals surface area (Å²) in [5.41, 5.74) is 5.32. The van der Waals surface area contributed by atoms with Crippen LogP contribution in [0, 0.1) is 20.8 Å². The van der Waals surface area contributed by atoms with Gasteiger partial charge < -0.3 is 15.1 Å². The smallest absolute Gasteiger partial charge is 0.282 e. The largest absolute Gasteiger partial charge is 0.324 e. The number of hydrogen-bond acceptors (Lipinski definition) is 3. The first-order valence-corrected chi connectivity index (χ1v) is 16.7. The number of nitrogens with one attached hydrogen (secondary N) is 2. The van der Waals surface area contributed by atoms with Gasteiger partial charge in [0.05, 0.1) is 25.7 Å². The highest BCUT2D eigenvalue weighted by Gasteiger charge is 2.43. The number of hydrogen-bond donors (Lipinski definition) is 2. The second kappa shape index (κ2) is 15.7. The summed E-state index contributed by atoms with van der Waals surface area (Å²) >= 11 is 0. The molecule has 0 spiro atoms. The third-order valence-corrected chi connectivity index (χ3v) is 9.77. The Labute approximate surface area is 254 Å². The summed E-state index contributed by atoms with van der Waals surface area (Å²) < 4.78 is 0.941. The first kappa shape index (κ1) is 32.2. The minimum absolute atomic E-state index is 0.0340. The number of likely N-dealkylation sites (tertiary alicyclic amines) is 2. The molecular formula is C36H55N4O2+. The van der Waals surface area contributed by atoms with E-state index >= 15 is 0 Å². The minimum Gasteiger partial charge on any atom is -0.324 e. The van der Waals surface area contributed by atoms with Crippen molar-refractivity contribution in [1.82, 2.24) is 4.90 Å². The number of nitrogens with zero attached hydrogens (tertiary/aromatic N) is 2. The maximum Gasteiger partial charge on any atom is 0.282 e. The van der Waals surface area contributed by atoms with Crippen LogP contribution in [0.3, 0.4) is 0 Å². The molecule has 2 N–H and O–H groups in total. The highest BCUT2D eigenvalue weighted by Crippen LogP contribution is 2.30. The molecule has 0 aromatic heterocycles. The zero-order valence-electron chi connectivity index (χ0n) is 26.7. The molecule has 0 bridgehead atoms. The van der Waals surface area contributed by atoms with E-state index in [0.717, 1.165) is 111 Å². The van der Waals surface area contributed by atoms with Crippen LogP contribution in [0.4, 0.5) is 11.4 Å². The number of carbonyl (C=O) groups is 2. The van der Waals surface area contributed by atoms with Crippen LogP contribution in [-0.2, 0) is 9.59 Å². The third-order valence-electron chi connectivity index (χ3n) is 9.77. The van der Waals surface area contributed by atoms with Crippen LogP contribution in [0.15, 0.2) is 42.5 Å². The second-order valence-electron chi connectivity index (χ2n) is 13.0. The molecule has 2 heterocycles. The lowest BCUT2D eigenvalue weighted by atomic mass is 9.95. The molecule has 2 saturated heterocycles. The van der Waals surface area contributed by atoms with E-state index < -0.39 is 0 Å². The first-order chi connectivity index (χ1) is 20.3. The maximum absolute atomic E-state index is 13.6. The number of aryl methyl sites for hydroxylation is 3. The Morgan fingerprint density at radius 3 is 2.26 bits per heavy atom. The van der Waals surface area contributed by atoms with Gasteiger partial charge in [-0.05, 0) is 108 Å². The predicted octanol–water partition coefficient (Wildman–Crippen LogP) is 7.38. The fourth-order valence-corrected chi connectivity index (χ4v) is 7.25. The van der Waals surface area contributed by atoms with E-state index in [1.54, 1.807) is 0 Å².